The van der Waals surface area contributed by atoms with Gasteiger partial charge in [-0.3, -0.25) is 4.90 Å². The van der Waals surface area contributed by atoms with Gasteiger partial charge in [-0.2, -0.15) is 0 Å². The van der Waals surface area contributed by atoms with E-state index in [-0.39, 0.29) is 12.7 Å². The number of rotatable bonds is 5. The number of nitrogens with zero attached hydrogens (tertiary/aromatic N) is 1. The molecule has 0 aliphatic carbocycles. The first kappa shape index (κ1) is 17.5. The molecule has 3 aromatic carbocycles. The molecule has 3 aromatic rings. The van der Waals surface area contributed by atoms with E-state index in [0.29, 0.717) is 6.54 Å². The number of para-hydroxylation sites is 1. The smallest absolute Gasteiger partial charge is 0.414 e. The van der Waals surface area contributed by atoms with Crippen molar-refractivity contribution >= 4 is 34.4 Å². The SMILES string of the molecule is O=C(OCc1ccccc1)N(Cc1ccccc1)c1ccccc1I. The van der Waals surface area contributed by atoms with Gasteiger partial charge in [-0.25, -0.2) is 4.79 Å². The summed E-state index contributed by atoms with van der Waals surface area (Å²) in [5.74, 6) is 0. The first-order valence-corrected chi connectivity index (χ1v) is 9.08. The molecule has 1 amide bonds. The Balaban J connectivity index is 1.80. The Bertz CT molecular complexity index is 822. The topological polar surface area (TPSA) is 29.5 Å². The van der Waals surface area contributed by atoms with Gasteiger partial charge in [0.05, 0.1) is 12.2 Å². The molecule has 0 fully saturated rings. The minimum absolute atomic E-state index is 0.258. The van der Waals surface area contributed by atoms with Crippen LogP contribution in [0.2, 0.25) is 0 Å². The molecule has 0 N–H and O–H groups in total. The van der Waals surface area contributed by atoms with Gasteiger partial charge in [0.25, 0.3) is 0 Å². The summed E-state index contributed by atoms with van der Waals surface area (Å²) in [7, 11) is 0. The van der Waals surface area contributed by atoms with Crippen LogP contribution in [-0.2, 0) is 17.9 Å². The van der Waals surface area contributed by atoms with Crippen LogP contribution < -0.4 is 4.90 Å². The molecule has 0 radical (unpaired) electrons. The van der Waals surface area contributed by atoms with Crippen LogP contribution >= 0.6 is 22.6 Å². The molecule has 3 nitrogen and oxygen atoms in total. The Hall–Kier alpha value is -2.34. The van der Waals surface area contributed by atoms with Crippen molar-refractivity contribution in [3.05, 3.63) is 99.6 Å². The molecular weight excluding hydrogens is 425 g/mol. The summed E-state index contributed by atoms with van der Waals surface area (Å²) in [6, 6.07) is 27.4. The number of benzene rings is 3. The Morgan fingerprint density at radius 3 is 2.00 bits per heavy atom. The van der Waals surface area contributed by atoms with Crippen molar-refractivity contribution in [2.45, 2.75) is 13.2 Å². The summed E-state index contributed by atoms with van der Waals surface area (Å²) >= 11 is 2.24. The minimum Gasteiger partial charge on any atom is -0.444 e. The van der Waals surface area contributed by atoms with E-state index in [0.717, 1.165) is 20.4 Å². The molecule has 0 aliphatic rings. The highest BCUT2D eigenvalue weighted by molar-refractivity contribution is 14.1. The fraction of sp³-hybridized carbons (Fsp3) is 0.0952. The lowest BCUT2D eigenvalue weighted by molar-refractivity contribution is 0.146. The molecule has 0 saturated carbocycles. The van der Waals surface area contributed by atoms with Crippen LogP contribution in [0.5, 0.6) is 0 Å². The van der Waals surface area contributed by atoms with Crippen LogP contribution in [0.3, 0.4) is 0 Å². The highest BCUT2D eigenvalue weighted by Crippen LogP contribution is 2.25. The largest absolute Gasteiger partial charge is 0.444 e. The summed E-state index contributed by atoms with van der Waals surface area (Å²) in [4.78, 5) is 14.5. The lowest BCUT2D eigenvalue weighted by Gasteiger charge is -2.23. The second-order valence-electron chi connectivity index (χ2n) is 5.56. The number of ether oxygens (including phenoxy) is 1. The maximum Gasteiger partial charge on any atom is 0.414 e. The maximum atomic E-state index is 12.8. The van der Waals surface area contributed by atoms with Gasteiger partial charge in [0.15, 0.2) is 0 Å². The second-order valence-corrected chi connectivity index (χ2v) is 6.73. The molecule has 3 rings (SSSR count). The molecule has 0 aliphatic heterocycles. The summed E-state index contributed by atoms with van der Waals surface area (Å²) < 4.78 is 6.56. The Labute approximate surface area is 161 Å². The van der Waals surface area contributed by atoms with Crippen LogP contribution in [0.15, 0.2) is 84.9 Å². The molecule has 0 heterocycles. The highest BCUT2D eigenvalue weighted by atomic mass is 127. The molecule has 0 atom stereocenters. The second kappa shape index (κ2) is 8.67. The summed E-state index contributed by atoms with van der Waals surface area (Å²) in [6.45, 7) is 0.725. The van der Waals surface area contributed by atoms with Crippen LogP contribution in [0.4, 0.5) is 10.5 Å². The third-order valence-corrected chi connectivity index (χ3v) is 4.66. The van der Waals surface area contributed by atoms with Crippen molar-refractivity contribution in [3.8, 4) is 0 Å². The quantitative estimate of drug-likeness (QED) is 0.478. The lowest BCUT2D eigenvalue weighted by atomic mass is 10.2. The third-order valence-electron chi connectivity index (χ3n) is 3.75. The van der Waals surface area contributed by atoms with E-state index in [9.17, 15) is 4.79 Å². The molecule has 0 saturated heterocycles. The van der Waals surface area contributed by atoms with Crippen LogP contribution in [0.25, 0.3) is 0 Å². The normalized spacial score (nSPS) is 10.3. The number of carbonyl (C=O) groups is 1. The molecule has 0 bridgehead atoms. The van der Waals surface area contributed by atoms with E-state index in [1.165, 1.54) is 0 Å². The van der Waals surface area contributed by atoms with E-state index in [1.807, 2.05) is 84.9 Å². The predicted octanol–water partition coefficient (Wildman–Crippen LogP) is 5.63. The fourth-order valence-corrected chi connectivity index (χ4v) is 3.16. The van der Waals surface area contributed by atoms with Crippen molar-refractivity contribution in [1.29, 1.82) is 0 Å². The Morgan fingerprint density at radius 2 is 1.36 bits per heavy atom. The number of halogens is 1. The van der Waals surface area contributed by atoms with E-state index in [1.54, 1.807) is 4.90 Å². The number of hydrogen-bond acceptors (Lipinski definition) is 2. The minimum atomic E-state index is -0.350. The number of carbonyl (C=O) groups excluding carboxylic acids is 1. The predicted molar refractivity (Wildman–Crippen MR) is 108 cm³/mol. The van der Waals surface area contributed by atoms with Gasteiger partial charge in [0, 0.05) is 3.57 Å². The highest BCUT2D eigenvalue weighted by Gasteiger charge is 2.20. The number of anilines is 1. The van der Waals surface area contributed by atoms with Crippen molar-refractivity contribution in [2.75, 3.05) is 4.90 Å². The molecule has 4 heteroatoms. The average molecular weight is 443 g/mol. The molecule has 0 spiro atoms. The van der Waals surface area contributed by atoms with Crippen LogP contribution in [0.1, 0.15) is 11.1 Å². The Kier molecular flexibility index (Phi) is 6.06. The zero-order valence-corrected chi connectivity index (χ0v) is 15.8. The monoisotopic (exact) mass is 443 g/mol. The summed E-state index contributed by atoms with van der Waals surface area (Å²) in [5, 5.41) is 0. The molecule has 0 unspecified atom stereocenters. The van der Waals surface area contributed by atoms with Gasteiger partial charge in [-0.05, 0) is 45.9 Å². The first-order chi connectivity index (χ1) is 12.2. The average Bonchev–Trinajstić information content (AvgIpc) is 2.66. The van der Waals surface area contributed by atoms with Crippen LogP contribution in [0, 0.1) is 3.57 Å². The van der Waals surface area contributed by atoms with E-state index in [2.05, 4.69) is 22.6 Å². The van der Waals surface area contributed by atoms with Gasteiger partial charge in [0.2, 0.25) is 0 Å². The summed E-state index contributed by atoms with van der Waals surface area (Å²) in [5.41, 5.74) is 2.88. The van der Waals surface area contributed by atoms with Crippen molar-refractivity contribution < 1.29 is 9.53 Å². The van der Waals surface area contributed by atoms with Gasteiger partial charge in [-0.1, -0.05) is 72.8 Å². The maximum absolute atomic E-state index is 12.8. The number of amides is 1. The zero-order valence-electron chi connectivity index (χ0n) is 13.6. The number of hydrogen-bond donors (Lipinski definition) is 0. The van der Waals surface area contributed by atoms with Crippen LogP contribution in [-0.4, -0.2) is 6.09 Å². The van der Waals surface area contributed by atoms with E-state index < -0.39 is 0 Å². The lowest BCUT2D eigenvalue weighted by Crippen LogP contribution is -2.31. The van der Waals surface area contributed by atoms with Crippen molar-refractivity contribution in [2.24, 2.45) is 0 Å². The Morgan fingerprint density at radius 1 is 0.800 bits per heavy atom. The van der Waals surface area contributed by atoms with Gasteiger partial charge in [-0.15, -0.1) is 0 Å². The summed E-state index contributed by atoms with van der Waals surface area (Å²) in [6.07, 6.45) is -0.350. The first-order valence-electron chi connectivity index (χ1n) is 8.01. The van der Waals surface area contributed by atoms with Crippen molar-refractivity contribution in [3.63, 3.8) is 0 Å². The van der Waals surface area contributed by atoms with E-state index in [4.69, 9.17) is 4.74 Å². The molecule has 0 aromatic heterocycles. The van der Waals surface area contributed by atoms with E-state index >= 15 is 0 Å². The fourth-order valence-electron chi connectivity index (χ4n) is 2.48. The standard InChI is InChI=1S/C21H18INO2/c22-19-13-7-8-14-20(19)23(15-17-9-3-1-4-10-17)21(24)25-16-18-11-5-2-6-12-18/h1-14H,15-16H2. The molecule has 25 heavy (non-hydrogen) atoms. The van der Waals surface area contributed by atoms with Gasteiger partial charge >= 0.3 is 6.09 Å². The molecule has 126 valence electrons. The molecular formula is C21H18INO2. The zero-order chi connectivity index (χ0) is 17.5. The van der Waals surface area contributed by atoms with Crippen molar-refractivity contribution in [1.82, 2.24) is 0 Å². The van der Waals surface area contributed by atoms with Gasteiger partial charge in [0.1, 0.15) is 6.61 Å². The third kappa shape index (κ3) is 4.82. The van der Waals surface area contributed by atoms with Gasteiger partial charge < -0.3 is 4.74 Å².